The first-order valence-electron chi connectivity index (χ1n) is 8.84. The summed E-state index contributed by atoms with van der Waals surface area (Å²) >= 11 is 0. The summed E-state index contributed by atoms with van der Waals surface area (Å²) in [7, 11) is 0. The number of nitrogens with one attached hydrogen (secondary N) is 2. The van der Waals surface area contributed by atoms with E-state index in [0.717, 1.165) is 22.4 Å². The van der Waals surface area contributed by atoms with Gasteiger partial charge in [0.1, 0.15) is 12.1 Å². The molecule has 5 heteroatoms. The molecule has 0 aliphatic carbocycles. The van der Waals surface area contributed by atoms with Gasteiger partial charge in [0.05, 0.1) is 0 Å². The minimum atomic E-state index is -0.952. The molecule has 1 amide bonds. The Kier molecular flexibility index (Phi) is 6.92. The van der Waals surface area contributed by atoms with E-state index in [9.17, 15) is 14.7 Å². The highest BCUT2D eigenvalue weighted by Gasteiger charge is 2.27. The first-order chi connectivity index (χ1) is 12.4. The van der Waals surface area contributed by atoms with E-state index in [1.807, 2.05) is 69.3 Å². The van der Waals surface area contributed by atoms with E-state index in [0.29, 0.717) is 12.8 Å². The third-order valence-corrected chi connectivity index (χ3v) is 4.29. The topological polar surface area (TPSA) is 78.4 Å². The average molecular weight is 354 g/mol. The molecule has 2 aromatic rings. The van der Waals surface area contributed by atoms with Gasteiger partial charge in [-0.25, -0.2) is 0 Å². The Hall–Kier alpha value is -2.66. The van der Waals surface area contributed by atoms with Gasteiger partial charge in [0, 0.05) is 5.69 Å². The lowest BCUT2D eigenvalue weighted by Gasteiger charge is -2.23. The van der Waals surface area contributed by atoms with Crippen molar-refractivity contribution < 1.29 is 14.7 Å². The lowest BCUT2D eigenvalue weighted by molar-refractivity contribution is -0.140. The number of aryl methyl sites for hydroxylation is 2. The summed E-state index contributed by atoms with van der Waals surface area (Å²) in [5.41, 5.74) is 3.47. The summed E-state index contributed by atoms with van der Waals surface area (Å²) in [6.07, 6.45) is 1.17. The first kappa shape index (κ1) is 19.7. The maximum absolute atomic E-state index is 13.0. The van der Waals surface area contributed by atoms with E-state index in [1.165, 1.54) is 0 Å². The van der Waals surface area contributed by atoms with Crippen LogP contribution in [0.2, 0.25) is 0 Å². The Bertz CT molecular complexity index is 759. The summed E-state index contributed by atoms with van der Waals surface area (Å²) in [5.74, 6) is -1.22. The van der Waals surface area contributed by atoms with Crippen LogP contribution in [0.15, 0.2) is 48.5 Å². The molecule has 3 N–H and O–H groups in total. The van der Waals surface area contributed by atoms with E-state index in [-0.39, 0.29) is 5.91 Å². The number of carboxylic acid groups (broad SMARTS) is 1. The monoisotopic (exact) mass is 354 g/mol. The van der Waals surface area contributed by atoms with Crippen LogP contribution in [-0.2, 0) is 9.59 Å². The highest BCUT2D eigenvalue weighted by atomic mass is 16.4. The van der Waals surface area contributed by atoms with Gasteiger partial charge in [-0.05, 0) is 43.0 Å². The summed E-state index contributed by atoms with van der Waals surface area (Å²) in [5, 5.41) is 15.4. The predicted molar refractivity (Wildman–Crippen MR) is 103 cm³/mol. The van der Waals surface area contributed by atoms with Crippen molar-refractivity contribution in [3.63, 3.8) is 0 Å². The van der Waals surface area contributed by atoms with E-state index in [1.54, 1.807) is 0 Å². The number of carbonyl (C=O) groups excluding carboxylic acids is 1. The zero-order valence-electron chi connectivity index (χ0n) is 15.5. The number of benzene rings is 2. The zero-order valence-corrected chi connectivity index (χ0v) is 15.5. The average Bonchev–Trinajstić information content (AvgIpc) is 2.62. The predicted octanol–water partition coefficient (Wildman–Crippen LogP) is 3.83. The molecule has 2 unspecified atom stereocenters. The highest BCUT2D eigenvalue weighted by molar-refractivity contribution is 5.96. The van der Waals surface area contributed by atoms with Crippen molar-refractivity contribution in [2.24, 2.45) is 0 Å². The quantitative estimate of drug-likeness (QED) is 0.673. The third kappa shape index (κ3) is 5.17. The molecular weight excluding hydrogens is 328 g/mol. The number of carbonyl (C=O) groups is 2. The molecule has 0 bridgehead atoms. The van der Waals surface area contributed by atoms with Gasteiger partial charge < -0.3 is 10.4 Å². The Balaban J connectivity index is 2.29. The van der Waals surface area contributed by atoms with Crippen LogP contribution in [0.5, 0.6) is 0 Å². The largest absolute Gasteiger partial charge is 0.480 e. The van der Waals surface area contributed by atoms with Gasteiger partial charge in [-0.3, -0.25) is 14.9 Å². The summed E-state index contributed by atoms with van der Waals surface area (Å²) in [6.45, 7) is 5.81. The maximum atomic E-state index is 13.0. The fraction of sp³-hybridized carbons (Fsp3) is 0.333. The second-order valence-electron chi connectivity index (χ2n) is 6.50. The molecule has 2 aromatic carbocycles. The molecule has 0 radical (unpaired) electrons. The Morgan fingerprint density at radius 2 is 1.77 bits per heavy atom. The molecule has 2 rings (SSSR count). The normalized spacial score (nSPS) is 13.0. The molecule has 0 fully saturated rings. The van der Waals surface area contributed by atoms with Gasteiger partial charge in [0.15, 0.2) is 0 Å². The number of aliphatic carboxylic acids is 1. The molecule has 0 aliphatic rings. The number of hydrogen-bond donors (Lipinski definition) is 3. The third-order valence-electron chi connectivity index (χ3n) is 4.29. The molecule has 0 saturated heterocycles. The lowest BCUT2D eigenvalue weighted by Crippen LogP contribution is -2.43. The standard InChI is InChI=1S/C21H26N2O3/c1-4-8-17(21(25)26)22-19(16-9-6-5-7-10-16)20(24)23-18-13-14(2)11-12-15(18)3/h5-7,9-13,17,19,22H,4,8H2,1-3H3,(H,23,24)(H,25,26). The minimum Gasteiger partial charge on any atom is -0.480 e. The van der Waals surface area contributed by atoms with Gasteiger partial charge >= 0.3 is 5.97 Å². The van der Waals surface area contributed by atoms with Crippen molar-refractivity contribution >= 4 is 17.6 Å². The molecule has 0 heterocycles. The van der Waals surface area contributed by atoms with Crippen LogP contribution in [0.3, 0.4) is 0 Å². The van der Waals surface area contributed by atoms with Crippen molar-refractivity contribution in [3.05, 3.63) is 65.2 Å². The van der Waals surface area contributed by atoms with Crippen molar-refractivity contribution in [3.8, 4) is 0 Å². The molecule has 26 heavy (non-hydrogen) atoms. The maximum Gasteiger partial charge on any atom is 0.320 e. The number of anilines is 1. The van der Waals surface area contributed by atoms with E-state index >= 15 is 0 Å². The molecular formula is C21H26N2O3. The van der Waals surface area contributed by atoms with Gasteiger partial charge in [-0.1, -0.05) is 55.8 Å². The Morgan fingerprint density at radius 1 is 1.08 bits per heavy atom. The van der Waals surface area contributed by atoms with Crippen molar-refractivity contribution in [2.45, 2.75) is 45.7 Å². The molecule has 138 valence electrons. The Morgan fingerprint density at radius 3 is 2.38 bits per heavy atom. The van der Waals surface area contributed by atoms with Crippen LogP contribution in [0.4, 0.5) is 5.69 Å². The fourth-order valence-electron chi connectivity index (χ4n) is 2.81. The molecule has 0 aliphatic heterocycles. The second kappa shape index (κ2) is 9.15. The van der Waals surface area contributed by atoms with Crippen LogP contribution in [0, 0.1) is 13.8 Å². The number of carboxylic acids is 1. The first-order valence-corrected chi connectivity index (χ1v) is 8.84. The number of rotatable bonds is 8. The zero-order chi connectivity index (χ0) is 19.1. The van der Waals surface area contributed by atoms with Gasteiger partial charge in [-0.15, -0.1) is 0 Å². The summed E-state index contributed by atoms with van der Waals surface area (Å²) < 4.78 is 0. The van der Waals surface area contributed by atoms with E-state index in [2.05, 4.69) is 10.6 Å². The molecule has 0 aromatic heterocycles. The smallest absolute Gasteiger partial charge is 0.320 e. The Labute approximate surface area is 154 Å². The van der Waals surface area contributed by atoms with Crippen LogP contribution in [0.25, 0.3) is 0 Å². The summed E-state index contributed by atoms with van der Waals surface area (Å²) in [4.78, 5) is 24.5. The van der Waals surface area contributed by atoms with Crippen molar-refractivity contribution in [1.82, 2.24) is 5.32 Å². The molecule has 0 saturated carbocycles. The lowest BCUT2D eigenvalue weighted by atomic mass is 10.0. The molecule has 5 nitrogen and oxygen atoms in total. The minimum absolute atomic E-state index is 0.271. The van der Waals surface area contributed by atoms with Crippen molar-refractivity contribution in [2.75, 3.05) is 5.32 Å². The van der Waals surface area contributed by atoms with Gasteiger partial charge in [-0.2, -0.15) is 0 Å². The van der Waals surface area contributed by atoms with Crippen LogP contribution < -0.4 is 10.6 Å². The van der Waals surface area contributed by atoms with Gasteiger partial charge in [0.2, 0.25) is 5.91 Å². The van der Waals surface area contributed by atoms with Crippen molar-refractivity contribution in [1.29, 1.82) is 0 Å². The van der Waals surface area contributed by atoms with Crippen LogP contribution in [-0.4, -0.2) is 23.0 Å². The number of amides is 1. The second-order valence-corrected chi connectivity index (χ2v) is 6.50. The molecule has 0 spiro atoms. The fourth-order valence-corrected chi connectivity index (χ4v) is 2.81. The van der Waals surface area contributed by atoms with Crippen LogP contribution in [0.1, 0.15) is 42.5 Å². The van der Waals surface area contributed by atoms with E-state index < -0.39 is 18.1 Å². The van der Waals surface area contributed by atoms with Crippen LogP contribution >= 0.6 is 0 Å². The SMILES string of the molecule is CCCC(NC(C(=O)Nc1cc(C)ccc1C)c1ccccc1)C(=O)O. The van der Waals surface area contributed by atoms with E-state index in [4.69, 9.17) is 0 Å². The summed E-state index contributed by atoms with van der Waals surface area (Å²) in [6, 6.07) is 13.5. The molecule has 2 atom stereocenters. The van der Waals surface area contributed by atoms with Gasteiger partial charge in [0.25, 0.3) is 0 Å². The highest BCUT2D eigenvalue weighted by Crippen LogP contribution is 2.21. The number of hydrogen-bond acceptors (Lipinski definition) is 3.